The molecule has 4 nitrogen and oxygen atoms in total. The highest BCUT2D eigenvalue weighted by Crippen LogP contribution is 2.39. The van der Waals surface area contributed by atoms with Crippen molar-refractivity contribution in [2.24, 2.45) is 0 Å². The van der Waals surface area contributed by atoms with Crippen LogP contribution in [0, 0.1) is 3.57 Å². The van der Waals surface area contributed by atoms with Crippen molar-refractivity contribution in [3.8, 4) is 0 Å². The van der Waals surface area contributed by atoms with E-state index in [1.165, 1.54) is 11.3 Å². The Kier molecular flexibility index (Phi) is 3.99. The van der Waals surface area contributed by atoms with E-state index in [1.807, 2.05) is 12.1 Å². The number of aromatic carboxylic acids is 1. The Bertz CT molecular complexity index is 739. The Morgan fingerprint density at radius 2 is 2.10 bits per heavy atom. The number of hydrogen-bond acceptors (Lipinski definition) is 3. The normalized spacial score (nSPS) is 13.0. The van der Waals surface area contributed by atoms with Crippen LogP contribution >= 0.6 is 33.9 Å². The lowest BCUT2D eigenvalue weighted by Gasteiger charge is -2.06. The molecule has 1 amide bonds. The Balaban J connectivity index is 1.92. The first-order valence-electron chi connectivity index (χ1n) is 6.51. The number of hydrogen-bond donors (Lipinski definition) is 2. The van der Waals surface area contributed by atoms with E-state index in [4.69, 9.17) is 0 Å². The Labute approximate surface area is 139 Å². The van der Waals surface area contributed by atoms with Crippen molar-refractivity contribution in [1.82, 2.24) is 0 Å². The van der Waals surface area contributed by atoms with Crippen molar-refractivity contribution < 1.29 is 14.7 Å². The Morgan fingerprint density at radius 1 is 1.29 bits per heavy atom. The average molecular weight is 413 g/mol. The maximum Gasteiger partial charge on any atom is 0.339 e. The molecule has 0 bridgehead atoms. The first-order chi connectivity index (χ1) is 10.1. The van der Waals surface area contributed by atoms with Crippen LogP contribution in [-0.4, -0.2) is 17.0 Å². The number of amides is 1. The number of carboxylic acid groups (broad SMARTS) is 1. The van der Waals surface area contributed by atoms with Crippen molar-refractivity contribution in [2.45, 2.75) is 19.3 Å². The summed E-state index contributed by atoms with van der Waals surface area (Å²) in [6, 6.07) is 7.21. The molecule has 1 aliphatic rings. The molecule has 0 saturated carbocycles. The summed E-state index contributed by atoms with van der Waals surface area (Å²) in [5.41, 5.74) is 1.70. The molecule has 3 rings (SSSR count). The summed E-state index contributed by atoms with van der Waals surface area (Å²) in [7, 11) is 0. The molecule has 0 atom stereocenters. The van der Waals surface area contributed by atoms with Gasteiger partial charge in [-0.3, -0.25) is 4.79 Å². The topological polar surface area (TPSA) is 66.4 Å². The molecule has 0 fully saturated rings. The second kappa shape index (κ2) is 5.76. The van der Waals surface area contributed by atoms with Crippen LogP contribution in [0.2, 0.25) is 0 Å². The van der Waals surface area contributed by atoms with Crippen LogP contribution in [-0.2, 0) is 12.8 Å². The van der Waals surface area contributed by atoms with Gasteiger partial charge in [-0.05, 0) is 65.6 Å². The fraction of sp³-hybridized carbons (Fsp3) is 0.200. The fourth-order valence-electron chi connectivity index (χ4n) is 2.52. The summed E-state index contributed by atoms with van der Waals surface area (Å²) in [6.07, 6.45) is 2.68. The van der Waals surface area contributed by atoms with Crippen LogP contribution < -0.4 is 5.32 Å². The molecule has 6 heteroatoms. The molecule has 1 heterocycles. The van der Waals surface area contributed by atoms with Crippen LogP contribution in [0.15, 0.2) is 24.3 Å². The number of carboxylic acids is 1. The van der Waals surface area contributed by atoms with E-state index >= 15 is 0 Å². The van der Waals surface area contributed by atoms with E-state index in [0.717, 1.165) is 33.3 Å². The van der Waals surface area contributed by atoms with Crippen LogP contribution in [0.4, 0.5) is 5.00 Å². The number of carbonyl (C=O) groups excluding carboxylic acids is 1. The summed E-state index contributed by atoms with van der Waals surface area (Å²) >= 11 is 3.53. The van der Waals surface area contributed by atoms with Gasteiger partial charge in [-0.15, -0.1) is 11.3 Å². The highest BCUT2D eigenvalue weighted by atomic mass is 127. The smallest absolute Gasteiger partial charge is 0.339 e. The summed E-state index contributed by atoms with van der Waals surface area (Å²) in [4.78, 5) is 24.8. The number of benzene rings is 1. The lowest BCUT2D eigenvalue weighted by Crippen LogP contribution is -2.14. The molecule has 1 aromatic heterocycles. The molecule has 2 N–H and O–H groups in total. The third-order valence-corrected chi connectivity index (χ3v) is 5.33. The van der Waals surface area contributed by atoms with Gasteiger partial charge in [0.1, 0.15) is 5.00 Å². The van der Waals surface area contributed by atoms with Gasteiger partial charge in [-0.2, -0.15) is 0 Å². The molecule has 0 saturated heterocycles. The molecule has 2 aromatic rings. The van der Waals surface area contributed by atoms with E-state index in [-0.39, 0.29) is 11.5 Å². The minimum absolute atomic E-state index is 0.268. The maximum atomic E-state index is 12.3. The molecular formula is C15H12INO3S. The molecule has 21 heavy (non-hydrogen) atoms. The number of halogens is 1. The van der Waals surface area contributed by atoms with Gasteiger partial charge < -0.3 is 10.4 Å². The Hall–Kier alpha value is -1.41. The summed E-state index contributed by atoms with van der Waals surface area (Å²) < 4.78 is 0.965. The zero-order chi connectivity index (χ0) is 15.0. The van der Waals surface area contributed by atoms with Crippen molar-refractivity contribution in [1.29, 1.82) is 0 Å². The van der Waals surface area contributed by atoms with Crippen molar-refractivity contribution in [3.05, 3.63) is 49.4 Å². The van der Waals surface area contributed by atoms with Gasteiger partial charge in [-0.25, -0.2) is 4.79 Å². The lowest BCUT2D eigenvalue weighted by molar-refractivity contribution is 0.0697. The number of aryl methyl sites for hydroxylation is 1. The van der Waals surface area contributed by atoms with Gasteiger partial charge in [0.05, 0.1) is 5.56 Å². The third kappa shape index (κ3) is 2.82. The number of carbonyl (C=O) groups is 2. The van der Waals surface area contributed by atoms with Crippen molar-refractivity contribution in [3.63, 3.8) is 0 Å². The highest BCUT2D eigenvalue weighted by molar-refractivity contribution is 14.1. The number of thiophene rings is 1. The predicted molar refractivity (Wildman–Crippen MR) is 90.4 cm³/mol. The van der Waals surface area contributed by atoms with E-state index < -0.39 is 5.97 Å². The van der Waals surface area contributed by atoms with E-state index in [2.05, 4.69) is 27.9 Å². The minimum atomic E-state index is -0.965. The number of fused-ring (bicyclic) bond motifs is 1. The fourth-order valence-corrected chi connectivity index (χ4v) is 4.34. The predicted octanol–water partition coefficient (Wildman–Crippen LogP) is 3.79. The van der Waals surface area contributed by atoms with E-state index in [0.29, 0.717) is 10.6 Å². The van der Waals surface area contributed by atoms with Crippen LogP contribution in [0.25, 0.3) is 0 Å². The van der Waals surface area contributed by atoms with Crippen molar-refractivity contribution in [2.75, 3.05) is 5.32 Å². The zero-order valence-corrected chi connectivity index (χ0v) is 14.0. The minimum Gasteiger partial charge on any atom is -0.478 e. The molecule has 0 spiro atoms. The first-order valence-corrected chi connectivity index (χ1v) is 8.40. The van der Waals surface area contributed by atoms with Crippen LogP contribution in [0.3, 0.4) is 0 Å². The molecule has 0 aliphatic heterocycles. The summed E-state index contributed by atoms with van der Waals surface area (Å²) in [5.74, 6) is -1.23. The molecule has 1 aliphatic carbocycles. The number of anilines is 1. The van der Waals surface area contributed by atoms with E-state index in [9.17, 15) is 14.7 Å². The third-order valence-electron chi connectivity index (χ3n) is 3.45. The second-order valence-electron chi connectivity index (χ2n) is 4.83. The molecule has 0 radical (unpaired) electrons. The number of nitrogens with one attached hydrogen (secondary N) is 1. The highest BCUT2D eigenvalue weighted by Gasteiger charge is 2.27. The first kappa shape index (κ1) is 14.5. The second-order valence-corrected chi connectivity index (χ2v) is 7.18. The quantitative estimate of drug-likeness (QED) is 0.753. The molecular weight excluding hydrogens is 401 g/mol. The molecule has 0 unspecified atom stereocenters. The van der Waals surface area contributed by atoms with Gasteiger partial charge in [0.2, 0.25) is 0 Å². The van der Waals surface area contributed by atoms with E-state index in [1.54, 1.807) is 12.1 Å². The molecule has 108 valence electrons. The zero-order valence-electron chi connectivity index (χ0n) is 11.0. The SMILES string of the molecule is O=C(Nc1sc2c(c1C(=O)O)CCC2)c1cccc(I)c1. The number of rotatable bonds is 3. The monoisotopic (exact) mass is 413 g/mol. The summed E-state index contributed by atoms with van der Waals surface area (Å²) in [6.45, 7) is 0. The van der Waals surface area contributed by atoms with Crippen molar-refractivity contribution >= 4 is 50.8 Å². The average Bonchev–Trinajstić information content (AvgIpc) is 2.98. The lowest BCUT2D eigenvalue weighted by atomic mass is 10.1. The molecule has 1 aromatic carbocycles. The Morgan fingerprint density at radius 3 is 2.81 bits per heavy atom. The standard InChI is InChI=1S/C15H12INO3S/c16-9-4-1-3-8(7-9)13(18)17-14-12(15(19)20)10-5-2-6-11(10)21-14/h1,3-4,7H,2,5-6H2,(H,17,18)(H,19,20). The van der Waals surface area contributed by atoms with Gasteiger partial charge in [0, 0.05) is 14.0 Å². The van der Waals surface area contributed by atoms with Gasteiger partial charge >= 0.3 is 5.97 Å². The van der Waals surface area contributed by atoms with Gasteiger partial charge in [-0.1, -0.05) is 6.07 Å². The van der Waals surface area contributed by atoms with Gasteiger partial charge in [0.15, 0.2) is 0 Å². The largest absolute Gasteiger partial charge is 0.478 e. The van der Waals surface area contributed by atoms with Crippen LogP contribution in [0.5, 0.6) is 0 Å². The summed E-state index contributed by atoms with van der Waals surface area (Å²) in [5, 5.41) is 12.6. The maximum absolute atomic E-state index is 12.3. The van der Waals surface area contributed by atoms with Gasteiger partial charge in [0.25, 0.3) is 5.91 Å². The van der Waals surface area contributed by atoms with Crippen LogP contribution in [0.1, 0.15) is 37.6 Å².